The Balaban J connectivity index is 2.17. The van der Waals surface area contributed by atoms with Crippen LogP contribution in [-0.2, 0) is 12.8 Å². The van der Waals surface area contributed by atoms with Gasteiger partial charge in [0.1, 0.15) is 4.88 Å². The molecule has 0 spiro atoms. The summed E-state index contributed by atoms with van der Waals surface area (Å²) in [7, 11) is 0. The number of piperazine rings is 1. The fourth-order valence-corrected chi connectivity index (χ4v) is 3.36. The van der Waals surface area contributed by atoms with E-state index < -0.39 is 0 Å². The first kappa shape index (κ1) is 13.5. The van der Waals surface area contributed by atoms with Crippen molar-refractivity contribution in [2.75, 3.05) is 26.2 Å². The Morgan fingerprint density at radius 1 is 1.39 bits per heavy atom. The first-order valence-corrected chi connectivity index (χ1v) is 7.56. The zero-order chi connectivity index (χ0) is 13.0. The molecule has 0 saturated carbocycles. The number of rotatable bonds is 4. The van der Waals surface area contributed by atoms with E-state index in [2.05, 4.69) is 24.1 Å². The highest BCUT2D eigenvalue weighted by Crippen LogP contribution is 2.22. The number of nitrogens with zero attached hydrogens (tertiary/aromatic N) is 2. The number of aryl methyl sites for hydroxylation is 2. The molecule has 4 nitrogen and oxygen atoms in total. The van der Waals surface area contributed by atoms with Crippen molar-refractivity contribution in [2.45, 2.75) is 33.1 Å². The third-order valence-electron chi connectivity index (χ3n) is 3.14. The van der Waals surface area contributed by atoms with Crippen LogP contribution in [0.15, 0.2) is 0 Å². The monoisotopic (exact) mass is 267 g/mol. The van der Waals surface area contributed by atoms with Crippen LogP contribution >= 0.6 is 11.3 Å². The van der Waals surface area contributed by atoms with Crippen molar-refractivity contribution in [3.63, 3.8) is 0 Å². The Morgan fingerprint density at radius 3 is 2.72 bits per heavy atom. The number of hydrogen-bond acceptors (Lipinski definition) is 4. The molecule has 0 aromatic carbocycles. The van der Waals surface area contributed by atoms with E-state index in [0.29, 0.717) is 0 Å². The molecular weight excluding hydrogens is 246 g/mol. The van der Waals surface area contributed by atoms with Crippen molar-refractivity contribution in [3.8, 4) is 0 Å². The van der Waals surface area contributed by atoms with Gasteiger partial charge in [-0.2, -0.15) is 0 Å². The number of thiazole rings is 1. The van der Waals surface area contributed by atoms with Gasteiger partial charge in [-0.15, -0.1) is 11.3 Å². The molecule has 0 aliphatic carbocycles. The summed E-state index contributed by atoms with van der Waals surface area (Å²) in [5.74, 6) is 0.174. The first-order valence-electron chi connectivity index (χ1n) is 6.74. The third kappa shape index (κ3) is 2.90. The van der Waals surface area contributed by atoms with Crippen LogP contribution in [0.2, 0.25) is 0 Å². The van der Waals surface area contributed by atoms with Crippen LogP contribution in [0.1, 0.15) is 40.6 Å². The van der Waals surface area contributed by atoms with E-state index in [0.717, 1.165) is 61.0 Å². The number of hydrogen-bond donors (Lipinski definition) is 1. The standard InChI is InChI=1S/C13H21N3OS/c1-3-5-11-15-10(4-2)12(18-11)13(17)16-8-6-14-7-9-16/h14H,3-9H2,1-2H3. The molecule has 0 bridgehead atoms. The largest absolute Gasteiger partial charge is 0.335 e. The predicted octanol–water partition coefficient (Wildman–Crippen LogP) is 1.70. The van der Waals surface area contributed by atoms with Crippen molar-refractivity contribution >= 4 is 17.2 Å². The molecule has 5 heteroatoms. The maximum absolute atomic E-state index is 12.5. The maximum Gasteiger partial charge on any atom is 0.265 e. The van der Waals surface area contributed by atoms with E-state index in [1.165, 1.54) is 0 Å². The lowest BCUT2D eigenvalue weighted by molar-refractivity contribution is 0.0739. The van der Waals surface area contributed by atoms with Crippen LogP contribution in [0.5, 0.6) is 0 Å². The summed E-state index contributed by atoms with van der Waals surface area (Å²) in [6, 6.07) is 0. The summed E-state index contributed by atoms with van der Waals surface area (Å²) in [5, 5.41) is 4.37. The Labute approximate surface area is 112 Å². The fourth-order valence-electron chi connectivity index (χ4n) is 2.14. The maximum atomic E-state index is 12.5. The lowest BCUT2D eigenvalue weighted by atomic mass is 10.2. The van der Waals surface area contributed by atoms with Gasteiger partial charge in [-0.25, -0.2) is 4.98 Å². The van der Waals surface area contributed by atoms with E-state index >= 15 is 0 Å². The number of amides is 1. The quantitative estimate of drug-likeness (QED) is 0.903. The molecule has 2 rings (SSSR count). The second kappa shape index (κ2) is 6.29. The smallest absolute Gasteiger partial charge is 0.265 e. The SMILES string of the molecule is CCCc1nc(CC)c(C(=O)N2CCNCC2)s1. The van der Waals surface area contributed by atoms with Crippen molar-refractivity contribution in [3.05, 3.63) is 15.6 Å². The molecule has 1 aliphatic heterocycles. The van der Waals surface area contributed by atoms with E-state index in [4.69, 9.17) is 0 Å². The van der Waals surface area contributed by atoms with Crippen molar-refractivity contribution in [1.82, 2.24) is 15.2 Å². The molecule has 1 saturated heterocycles. The van der Waals surface area contributed by atoms with Crippen molar-refractivity contribution in [1.29, 1.82) is 0 Å². The Kier molecular flexibility index (Phi) is 4.72. The van der Waals surface area contributed by atoms with Crippen LogP contribution in [0.25, 0.3) is 0 Å². The fraction of sp³-hybridized carbons (Fsp3) is 0.692. The summed E-state index contributed by atoms with van der Waals surface area (Å²) < 4.78 is 0. The van der Waals surface area contributed by atoms with Gasteiger partial charge in [0.15, 0.2) is 0 Å². The van der Waals surface area contributed by atoms with Gasteiger partial charge in [0, 0.05) is 26.2 Å². The minimum atomic E-state index is 0.174. The number of carbonyl (C=O) groups is 1. The highest BCUT2D eigenvalue weighted by Gasteiger charge is 2.23. The summed E-state index contributed by atoms with van der Waals surface area (Å²) in [5.41, 5.74) is 0.979. The van der Waals surface area contributed by atoms with Crippen LogP contribution in [-0.4, -0.2) is 42.0 Å². The van der Waals surface area contributed by atoms with Crippen molar-refractivity contribution < 1.29 is 4.79 Å². The van der Waals surface area contributed by atoms with Gasteiger partial charge >= 0.3 is 0 Å². The molecule has 2 heterocycles. The zero-order valence-corrected chi connectivity index (χ0v) is 12.0. The molecular formula is C13H21N3OS. The van der Waals surface area contributed by atoms with E-state index in [1.807, 2.05) is 4.90 Å². The average Bonchev–Trinajstić information content (AvgIpc) is 2.82. The van der Waals surface area contributed by atoms with Crippen LogP contribution in [0.3, 0.4) is 0 Å². The molecule has 1 aromatic heterocycles. The van der Waals surface area contributed by atoms with E-state index in [1.54, 1.807) is 11.3 Å². The molecule has 1 amide bonds. The Bertz CT molecular complexity index is 410. The van der Waals surface area contributed by atoms with Gasteiger partial charge < -0.3 is 10.2 Å². The summed E-state index contributed by atoms with van der Waals surface area (Å²) >= 11 is 1.59. The van der Waals surface area contributed by atoms with Crippen LogP contribution < -0.4 is 5.32 Å². The molecule has 18 heavy (non-hydrogen) atoms. The minimum Gasteiger partial charge on any atom is -0.335 e. The number of nitrogens with one attached hydrogen (secondary N) is 1. The molecule has 100 valence electrons. The first-order chi connectivity index (χ1) is 8.76. The lowest BCUT2D eigenvalue weighted by Crippen LogP contribution is -2.46. The molecule has 1 N–H and O–H groups in total. The number of aromatic nitrogens is 1. The van der Waals surface area contributed by atoms with Crippen molar-refractivity contribution in [2.24, 2.45) is 0 Å². The summed E-state index contributed by atoms with van der Waals surface area (Å²) in [6.07, 6.45) is 2.90. The normalized spacial score (nSPS) is 16.0. The topological polar surface area (TPSA) is 45.2 Å². The highest BCUT2D eigenvalue weighted by molar-refractivity contribution is 7.13. The van der Waals surface area contributed by atoms with Crippen LogP contribution in [0.4, 0.5) is 0 Å². The minimum absolute atomic E-state index is 0.174. The van der Waals surface area contributed by atoms with Gasteiger partial charge in [0.2, 0.25) is 0 Å². The molecule has 1 aliphatic rings. The molecule has 0 radical (unpaired) electrons. The Hall–Kier alpha value is -0.940. The van der Waals surface area contributed by atoms with Gasteiger partial charge in [-0.05, 0) is 19.3 Å². The highest BCUT2D eigenvalue weighted by atomic mass is 32.1. The zero-order valence-electron chi connectivity index (χ0n) is 11.2. The van der Waals surface area contributed by atoms with Crippen LogP contribution in [0, 0.1) is 0 Å². The predicted molar refractivity (Wildman–Crippen MR) is 74.3 cm³/mol. The van der Waals surface area contributed by atoms with Gasteiger partial charge in [0.25, 0.3) is 5.91 Å². The second-order valence-electron chi connectivity index (χ2n) is 4.53. The number of carbonyl (C=O) groups excluding carboxylic acids is 1. The Morgan fingerprint density at radius 2 is 2.11 bits per heavy atom. The van der Waals surface area contributed by atoms with Gasteiger partial charge in [-0.3, -0.25) is 4.79 Å². The van der Waals surface area contributed by atoms with Gasteiger partial charge in [0.05, 0.1) is 10.7 Å². The molecule has 1 fully saturated rings. The summed E-state index contributed by atoms with van der Waals surface area (Å²) in [6.45, 7) is 7.62. The molecule has 0 unspecified atom stereocenters. The average molecular weight is 267 g/mol. The summed E-state index contributed by atoms with van der Waals surface area (Å²) in [4.78, 5) is 19.9. The third-order valence-corrected chi connectivity index (χ3v) is 4.28. The second-order valence-corrected chi connectivity index (χ2v) is 5.61. The molecule has 1 aromatic rings. The van der Waals surface area contributed by atoms with E-state index in [9.17, 15) is 4.79 Å². The molecule has 0 atom stereocenters. The van der Waals surface area contributed by atoms with E-state index in [-0.39, 0.29) is 5.91 Å². The van der Waals surface area contributed by atoms with Gasteiger partial charge in [-0.1, -0.05) is 13.8 Å². The lowest BCUT2D eigenvalue weighted by Gasteiger charge is -2.27.